The maximum absolute atomic E-state index is 12.0. The molecule has 0 unspecified atom stereocenters. The van der Waals surface area contributed by atoms with Crippen LogP contribution in [-0.4, -0.2) is 62.0 Å². The highest BCUT2D eigenvalue weighted by atomic mass is 16.6. The molecule has 0 radical (unpaired) electrons. The van der Waals surface area contributed by atoms with Crippen LogP contribution in [0.15, 0.2) is 36.7 Å². The van der Waals surface area contributed by atoms with E-state index >= 15 is 0 Å². The van der Waals surface area contributed by atoms with Crippen molar-refractivity contribution in [3.63, 3.8) is 0 Å². The molecule has 2 rings (SSSR count). The normalized spacial score (nSPS) is 10.6. The fourth-order valence-electron chi connectivity index (χ4n) is 2.74. The first-order chi connectivity index (χ1) is 13.1. The number of benzene rings is 1. The van der Waals surface area contributed by atoms with Crippen molar-refractivity contribution in [2.24, 2.45) is 0 Å². The predicted molar refractivity (Wildman–Crippen MR) is 104 cm³/mol. The molecule has 0 N–H and O–H groups in total. The second kappa shape index (κ2) is 10.4. The van der Waals surface area contributed by atoms with Crippen molar-refractivity contribution in [3.05, 3.63) is 46.8 Å². The van der Waals surface area contributed by atoms with Gasteiger partial charge in [-0.2, -0.15) is 0 Å². The van der Waals surface area contributed by atoms with Crippen LogP contribution in [0.5, 0.6) is 0 Å². The van der Waals surface area contributed by atoms with E-state index in [0.717, 1.165) is 5.69 Å². The van der Waals surface area contributed by atoms with Crippen LogP contribution in [0.25, 0.3) is 0 Å². The Bertz CT molecular complexity index is 721. The summed E-state index contributed by atoms with van der Waals surface area (Å²) in [6.07, 6.45) is 1.36. The Morgan fingerprint density at radius 3 is 2.15 bits per heavy atom. The minimum atomic E-state index is -0.428. The minimum absolute atomic E-state index is 0.129. The Morgan fingerprint density at radius 2 is 1.63 bits per heavy atom. The highest BCUT2D eigenvalue weighted by molar-refractivity contribution is 5.76. The van der Waals surface area contributed by atoms with E-state index in [1.807, 2.05) is 37.3 Å². The zero-order valence-electron chi connectivity index (χ0n) is 15.9. The summed E-state index contributed by atoms with van der Waals surface area (Å²) < 4.78 is 10.3. The van der Waals surface area contributed by atoms with Gasteiger partial charge in [-0.3, -0.25) is 10.1 Å². The van der Waals surface area contributed by atoms with Crippen LogP contribution in [0, 0.1) is 10.1 Å². The van der Waals surface area contributed by atoms with E-state index in [9.17, 15) is 10.1 Å². The Morgan fingerprint density at radius 1 is 1.04 bits per heavy atom. The van der Waals surface area contributed by atoms with Crippen molar-refractivity contribution in [1.29, 1.82) is 0 Å². The summed E-state index contributed by atoms with van der Waals surface area (Å²) >= 11 is 0. The highest BCUT2D eigenvalue weighted by Crippen LogP contribution is 2.37. The Kier molecular flexibility index (Phi) is 7.90. The maximum Gasteiger partial charge on any atom is 0.353 e. The number of para-hydroxylation sites is 1. The van der Waals surface area contributed by atoms with E-state index in [0.29, 0.717) is 32.8 Å². The van der Waals surface area contributed by atoms with Crippen molar-refractivity contribution in [1.82, 2.24) is 9.97 Å². The van der Waals surface area contributed by atoms with E-state index in [-0.39, 0.29) is 17.3 Å². The molecule has 1 heterocycles. The molecule has 1 aromatic carbocycles. The van der Waals surface area contributed by atoms with Crippen molar-refractivity contribution in [2.75, 3.05) is 56.9 Å². The predicted octanol–water partition coefficient (Wildman–Crippen LogP) is 2.64. The molecule has 27 heavy (non-hydrogen) atoms. The molecule has 0 spiro atoms. The maximum atomic E-state index is 12.0. The fourth-order valence-corrected chi connectivity index (χ4v) is 2.74. The molecule has 9 heteroatoms. The number of hydrogen-bond acceptors (Lipinski definition) is 8. The number of anilines is 3. The summed E-state index contributed by atoms with van der Waals surface area (Å²) in [5, 5.41) is 12.0. The summed E-state index contributed by atoms with van der Waals surface area (Å²) in [5.41, 5.74) is 0.698. The van der Waals surface area contributed by atoms with Gasteiger partial charge in [-0.05, 0) is 19.1 Å². The first kappa shape index (κ1) is 20.5. The van der Waals surface area contributed by atoms with Gasteiger partial charge >= 0.3 is 5.69 Å². The van der Waals surface area contributed by atoms with E-state index in [4.69, 9.17) is 9.47 Å². The Hall–Kier alpha value is -2.78. The summed E-state index contributed by atoms with van der Waals surface area (Å²) in [4.78, 5) is 23.6. The molecule has 0 aliphatic rings. The van der Waals surface area contributed by atoms with Crippen LogP contribution in [0.2, 0.25) is 0 Å². The lowest BCUT2D eigenvalue weighted by Crippen LogP contribution is -2.32. The van der Waals surface area contributed by atoms with E-state index < -0.39 is 4.92 Å². The molecule has 0 fully saturated rings. The number of nitrogens with zero attached hydrogens (tertiary/aromatic N) is 5. The van der Waals surface area contributed by atoms with Crippen LogP contribution in [0.1, 0.15) is 6.92 Å². The van der Waals surface area contributed by atoms with Crippen LogP contribution in [-0.2, 0) is 9.47 Å². The number of ether oxygens (including phenoxy) is 2. The lowest BCUT2D eigenvalue weighted by Gasteiger charge is -2.26. The third-order valence-corrected chi connectivity index (χ3v) is 4.04. The minimum Gasteiger partial charge on any atom is -0.383 e. The van der Waals surface area contributed by atoms with Crippen molar-refractivity contribution < 1.29 is 14.4 Å². The van der Waals surface area contributed by atoms with Gasteiger partial charge in [0.05, 0.1) is 18.1 Å². The molecular formula is C18H25N5O4. The van der Waals surface area contributed by atoms with Gasteiger partial charge in [-0.15, -0.1) is 0 Å². The van der Waals surface area contributed by atoms with Gasteiger partial charge in [0, 0.05) is 39.5 Å². The van der Waals surface area contributed by atoms with E-state index in [2.05, 4.69) is 9.97 Å². The Balaban J connectivity index is 2.52. The molecule has 1 aromatic heterocycles. The van der Waals surface area contributed by atoms with Gasteiger partial charge in [-0.25, -0.2) is 9.97 Å². The molecular weight excluding hydrogens is 350 g/mol. The van der Waals surface area contributed by atoms with Crippen LogP contribution < -0.4 is 9.80 Å². The van der Waals surface area contributed by atoms with Crippen molar-refractivity contribution in [3.8, 4) is 0 Å². The molecule has 0 atom stereocenters. The summed E-state index contributed by atoms with van der Waals surface area (Å²) in [6, 6.07) is 9.45. The van der Waals surface area contributed by atoms with Crippen molar-refractivity contribution in [2.45, 2.75) is 6.92 Å². The van der Waals surface area contributed by atoms with Crippen LogP contribution >= 0.6 is 0 Å². The van der Waals surface area contributed by atoms with Gasteiger partial charge in [0.15, 0.2) is 0 Å². The van der Waals surface area contributed by atoms with Gasteiger partial charge in [0.1, 0.15) is 6.33 Å². The molecule has 0 saturated heterocycles. The average Bonchev–Trinajstić information content (AvgIpc) is 2.69. The fraction of sp³-hybridized carbons (Fsp3) is 0.444. The monoisotopic (exact) mass is 375 g/mol. The average molecular weight is 375 g/mol. The standard InChI is InChI=1S/C18H25N5O4/c1-4-22(15-8-6-5-7-9-15)18-16(23(24)25)17(19-14-20-18)21(10-12-26-2)11-13-27-3/h5-9,14H,4,10-13H2,1-3H3. The zero-order chi connectivity index (χ0) is 19.6. The molecule has 9 nitrogen and oxygen atoms in total. The van der Waals surface area contributed by atoms with Gasteiger partial charge in [-0.1, -0.05) is 18.2 Å². The first-order valence-electron chi connectivity index (χ1n) is 8.68. The molecule has 0 saturated carbocycles. The molecule has 0 bridgehead atoms. The lowest BCUT2D eigenvalue weighted by molar-refractivity contribution is -0.383. The second-order valence-corrected chi connectivity index (χ2v) is 5.68. The number of hydrogen-bond donors (Lipinski definition) is 0. The summed E-state index contributed by atoms with van der Waals surface area (Å²) in [6.45, 7) is 4.18. The molecule has 2 aromatic rings. The lowest BCUT2D eigenvalue weighted by atomic mass is 10.2. The van der Waals surface area contributed by atoms with Gasteiger partial charge in [0.2, 0.25) is 11.6 Å². The van der Waals surface area contributed by atoms with E-state index in [1.54, 1.807) is 24.0 Å². The van der Waals surface area contributed by atoms with Gasteiger partial charge < -0.3 is 19.3 Å². The molecule has 146 valence electrons. The van der Waals surface area contributed by atoms with Gasteiger partial charge in [0.25, 0.3) is 0 Å². The summed E-state index contributed by atoms with van der Waals surface area (Å²) in [7, 11) is 3.17. The first-order valence-corrected chi connectivity index (χ1v) is 8.68. The topological polar surface area (TPSA) is 93.9 Å². The Labute approximate surface area is 158 Å². The van der Waals surface area contributed by atoms with E-state index in [1.165, 1.54) is 6.33 Å². The number of aromatic nitrogens is 2. The second-order valence-electron chi connectivity index (χ2n) is 5.68. The third-order valence-electron chi connectivity index (χ3n) is 4.04. The SMILES string of the molecule is CCN(c1ccccc1)c1ncnc(N(CCOC)CCOC)c1[N+](=O)[O-]. The van der Waals surface area contributed by atoms with Crippen molar-refractivity contribution >= 4 is 23.0 Å². The quantitative estimate of drug-likeness (QED) is 0.437. The van der Waals surface area contributed by atoms with Crippen LogP contribution in [0.4, 0.5) is 23.0 Å². The number of nitro groups is 1. The van der Waals surface area contributed by atoms with Crippen LogP contribution in [0.3, 0.4) is 0 Å². The third kappa shape index (κ3) is 5.11. The molecule has 0 amide bonds. The number of rotatable bonds is 11. The molecule has 0 aliphatic heterocycles. The largest absolute Gasteiger partial charge is 0.383 e. The highest BCUT2D eigenvalue weighted by Gasteiger charge is 2.30. The zero-order valence-corrected chi connectivity index (χ0v) is 15.9. The summed E-state index contributed by atoms with van der Waals surface area (Å²) in [5.74, 6) is 0.520. The molecule has 0 aliphatic carbocycles. The smallest absolute Gasteiger partial charge is 0.353 e. The number of methoxy groups -OCH3 is 2.